The van der Waals surface area contributed by atoms with E-state index in [1.54, 1.807) is 11.8 Å². The van der Waals surface area contributed by atoms with Crippen LogP contribution in [0.15, 0.2) is 18.2 Å². The van der Waals surface area contributed by atoms with E-state index in [9.17, 15) is 23.3 Å². The van der Waals surface area contributed by atoms with Gasteiger partial charge < -0.3 is 14.4 Å². The van der Waals surface area contributed by atoms with E-state index in [-0.39, 0.29) is 17.9 Å². The number of methoxy groups -OCH3 is 1. The number of halogens is 3. The number of rotatable bonds is 4. The van der Waals surface area contributed by atoms with Crippen molar-refractivity contribution in [2.24, 2.45) is 0 Å². The molecule has 1 fully saturated rings. The number of anilines is 1. The highest BCUT2D eigenvalue weighted by Crippen LogP contribution is 2.37. The van der Waals surface area contributed by atoms with Crippen LogP contribution in [0, 0.1) is 10.1 Å². The lowest BCUT2D eigenvalue weighted by molar-refractivity contribution is -0.384. The molecule has 6 nitrogen and oxygen atoms in total. The van der Waals surface area contributed by atoms with Crippen LogP contribution in [0.2, 0.25) is 0 Å². The van der Waals surface area contributed by atoms with E-state index >= 15 is 0 Å². The van der Waals surface area contributed by atoms with Crippen molar-refractivity contribution >= 4 is 11.4 Å². The first kappa shape index (κ1) is 17.5. The van der Waals surface area contributed by atoms with Gasteiger partial charge in [0.2, 0.25) is 0 Å². The Morgan fingerprint density at radius 3 is 2.70 bits per heavy atom. The summed E-state index contributed by atoms with van der Waals surface area (Å²) in [6.07, 6.45) is -5.14. The predicted octanol–water partition coefficient (Wildman–Crippen LogP) is 2.85. The second kappa shape index (κ2) is 6.71. The molecule has 23 heavy (non-hydrogen) atoms. The molecule has 0 spiro atoms. The molecule has 0 aliphatic carbocycles. The van der Waals surface area contributed by atoms with Crippen LogP contribution in [0.25, 0.3) is 0 Å². The smallest absolute Gasteiger partial charge is 0.382 e. The lowest BCUT2D eigenvalue weighted by Gasteiger charge is -2.37. The van der Waals surface area contributed by atoms with Gasteiger partial charge in [-0.05, 0) is 19.1 Å². The van der Waals surface area contributed by atoms with Crippen molar-refractivity contribution < 1.29 is 27.6 Å². The molecule has 2 atom stereocenters. The third-order valence-electron chi connectivity index (χ3n) is 3.52. The highest BCUT2D eigenvalue weighted by molar-refractivity contribution is 5.65. The number of nitrogens with zero attached hydrogens (tertiary/aromatic N) is 2. The number of benzene rings is 1. The lowest BCUT2D eigenvalue weighted by Crippen LogP contribution is -2.48. The van der Waals surface area contributed by atoms with Gasteiger partial charge in [-0.2, -0.15) is 13.2 Å². The van der Waals surface area contributed by atoms with Crippen LogP contribution in [0.5, 0.6) is 0 Å². The summed E-state index contributed by atoms with van der Waals surface area (Å²) in [5.74, 6) is 0. The summed E-state index contributed by atoms with van der Waals surface area (Å²) in [7, 11) is 1.51. The van der Waals surface area contributed by atoms with Crippen molar-refractivity contribution in [3.8, 4) is 0 Å². The Hall–Kier alpha value is -1.87. The van der Waals surface area contributed by atoms with E-state index in [0.29, 0.717) is 25.8 Å². The van der Waals surface area contributed by atoms with Crippen LogP contribution < -0.4 is 4.90 Å². The quantitative estimate of drug-likeness (QED) is 0.626. The molecular formula is C14H17F3N2O4. The zero-order valence-electron chi connectivity index (χ0n) is 12.7. The van der Waals surface area contributed by atoms with Crippen molar-refractivity contribution in [1.29, 1.82) is 0 Å². The fourth-order valence-corrected chi connectivity index (χ4v) is 2.63. The highest BCUT2D eigenvalue weighted by Gasteiger charge is 2.35. The number of nitro groups is 1. The van der Waals surface area contributed by atoms with Crippen molar-refractivity contribution in [1.82, 2.24) is 0 Å². The minimum atomic E-state index is -4.62. The summed E-state index contributed by atoms with van der Waals surface area (Å²) in [5, 5.41) is 11.2. The second-order valence-electron chi connectivity index (χ2n) is 5.39. The standard InChI is InChI=1S/C14H17F3N2O4/c1-9-6-18(7-11(23-9)8-22-2)12-4-3-10(14(15,16)17)5-13(12)19(20)21/h3-5,9,11H,6-8H2,1-2H3. The zero-order valence-corrected chi connectivity index (χ0v) is 12.7. The van der Waals surface area contributed by atoms with Crippen molar-refractivity contribution in [3.05, 3.63) is 33.9 Å². The predicted molar refractivity (Wildman–Crippen MR) is 76.5 cm³/mol. The number of hydrogen-bond acceptors (Lipinski definition) is 5. The fourth-order valence-electron chi connectivity index (χ4n) is 2.63. The van der Waals surface area contributed by atoms with E-state index in [0.717, 1.165) is 12.1 Å². The van der Waals surface area contributed by atoms with Gasteiger partial charge in [0.25, 0.3) is 5.69 Å². The Morgan fingerprint density at radius 1 is 1.43 bits per heavy atom. The molecule has 0 amide bonds. The third-order valence-corrected chi connectivity index (χ3v) is 3.52. The minimum absolute atomic E-state index is 0.152. The molecule has 1 aliphatic rings. The maximum Gasteiger partial charge on any atom is 0.416 e. The number of morpholine rings is 1. The van der Waals surface area contributed by atoms with Gasteiger partial charge in [-0.3, -0.25) is 10.1 Å². The molecule has 0 radical (unpaired) electrons. The van der Waals surface area contributed by atoms with Crippen LogP contribution in [0.4, 0.5) is 24.5 Å². The molecular weight excluding hydrogens is 317 g/mol. The highest BCUT2D eigenvalue weighted by atomic mass is 19.4. The van der Waals surface area contributed by atoms with E-state index in [1.165, 1.54) is 7.11 Å². The van der Waals surface area contributed by atoms with Gasteiger partial charge >= 0.3 is 6.18 Å². The average molecular weight is 334 g/mol. The first-order valence-electron chi connectivity index (χ1n) is 6.97. The molecule has 0 saturated carbocycles. The normalized spacial score (nSPS) is 22.2. The third kappa shape index (κ3) is 4.11. The summed E-state index contributed by atoms with van der Waals surface area (Å²) < 4.78 is 48.9. The molecule has 0 aromatic heterocycles. The van der Waals surface area contributed by atoms with Crippen LogP contribution in [0.3, 0.4) is 0 Å². The summed E-state index contributed by atoms with van der Waals surface area (Å²) in [4.78, 5) is 12.1. The minimum Gasteiger partial charge on any atom is -0.382 e. The second-order valence-corrected chi connectivity index (χ2v) is 5.39. The number of hydrogen-bond donors (Lipinski definition) is 0. The Balaban J connectivity index is 2.36. The van der Waals surface area contributed by atoms with Gasteiger partial charge in [0.15, 0.2) is 0 Å². The van der Waals surface area contributed by atoms with Crippen molar-refractivity contribution in [2.75, 3.05) is 31.7 Å². The Kier molecular flexibility index (Phi) is 5.10. The van der Waals surface area contributed by atoms with Crippen LogP contribution >= 0.6 is 0 Å². The van der Waals surface area contributed by atoms with E-state index in [2.05, 4.69) is 0 Å². The molecule has 128 valence electrons. The van der Waals surface area contributed by atoms with Gasteiger partial charge in [-0.25, -0.2) is 0 Å². The van der Waals surface area contributed by atoms with Gasteiger partial charge in [-0.15, -0.1) is 0 Å². The number of ether oxygens (including phenoxy) is 2. The van der Waals surface area contributed by atoms with Gasteiger partial charge in [0.05, 0.1) is 29.3 Å². The maximum absolute atomic E-state index is 12.8. The average Bonchev–Trinajstić information content (AvgIpc) is 2.45. The lowest BCUT2D eigenvalue weighted by atomic mass is 10.1. The topological polar surface area (TPSA) is 64.8 Å². The molecule has 1 aromatic carbocycles. The van der Waals surface area contributed by atoms with Gasteiger partial charge in [0, 0.05) is 26.3 Å². The molecule has 9 heteroatoms. The van der Waals surface area contributed by atoms with Crippen LogP contribution in [-0.2, 0) is 15.7 Å². The number of alkyl halides is 3. The Bertz CT molecular complexity index is 580. The van der Waals surface area contributed by atoms with E-state index in [4.69, 9.17) is 9.47 Å². The summed E-state index contributed by atoms with van der Waals surface area (Å²) in [6.45, 7) is 2.76. The first-order chi connectivity index (χ1) is 10.7. The Morgan fingerprint density at radius 2 is 2.13 bits per heavy atom. The Labute approximate surface area is 130 Å². The molecule has 2 rings (SSSR count). The molecule has 1 heterocycles. The molecule has 1 aromatic rings. The molecule has 0 bridgehead atoms. The van der Waals surface area contributed by atoms with Crippen LogP contribution in [0.1, 0.15) is 12.5 Å². The van der Waals surface area contributed by atoms with E-state index < -0.39 is 22.4 Å². The van der Waals surface area contributed by atoms with E-state index in [1.807, 2.05) is 0 Å². The van der Waals surface area contributed by atoms with Crippen molar-refractivity contribution in [3.63, 3.8) is 0 Å². The molecule has 2 unspecified atom stereocenters. The van der Waals surface area contributed by atoms with Crippen LogP contribution in [-0.4, -0.2) is 43.9 Å². The monoisotopic (exact) mass is 334 g/mol. The SMILES string of the molecule is COCC1CN(c2ccc(C(F)(F)F)cc2[N+](=O)[O-])CC(C)O1. The summed E-state index contributed by atoms with van der Waals surface area (Å²) >= 11 is 0. The van der Waals surface area contributed by atoms with Gasteiger partial charge in [-0.1, -0.05) is 0 Å². The summed E-state index contributed by atoms with van der Waals surface area (Å²) in [5.41, 5.74) is -1.45. The molecule has 1 saturated heterocycles. The fraction of sp³-hybridized carbons (Fsp3) is 0.571. The number of nitro benzene ring substituents is 1. The summed E-state index contributed by atoms with van der Waals surface area (Å²) in [6, 6.07) is 2.57. The largest absolute Gasteiger partial charge is 0.416 e. The molecule has 1 aliphatic heterocycles. The zero-order chi connectivity index (χ0) is 17.2. The maximum atomic E-state index is 12.8. The van der Waals surface area contributed by atoms with Crippen molar-refractivity contribution in [2.45, 2.75) is 25.3 Å². The van der Waals surface area contributed by atoms with Gasteiger partial charge in [0.1, 0.15) is 5.69 Å². The first-order valence-corrected chi connectivity index (χ1v) is 6.97. The molecule has 0 N–H and O–H groups in total.